The Morgan fingerprint density at radius 1 is 0.571 bits per heavy atom. The first-order valence-corrected chi connectivity index (χ1v) is 10.1. The average molecular weight is 448 g/mol. The van der Waals surface area contributed by atoms with Gasteiger partial charge < -0.3 is 0 Å². The molecule has 28 heavy (non-hydrogen) atoms. The number of rotatable bonds is 7. The van der Waals surface area contributed by atoms with Gasteiger partial charge in [-0.3, -0.25) is 0 Å². The van der Waals surface area contributed by atoms with Crippen LogP contribution in [0.1, 0.15) is 0 Å². The molecule has 0 saturated carbocycles. The van der Waals surface area contributed by atoms with E-state index in [1.165, 1.54) is 0 Å². The van der Waals surface area contributed by atoms with Gasteiger partial charge in [-0.15, -0.1) is 0 Å². The third kappa shape index (κ3) is 4.45. The fraction of sp³-hybridized carbons (Fsp3) is 0.143. The molecule has 0 heterocycles. The standard InChI is InChI=1S/C14H10F6N2O4S2/c15-7-1-3-9(13(19)11(7)17)27(23,24)21-5-6-22-28(25,26)10-4-2-8(16)12(18)14(10)20/h1-4,21-22H,5-6H2. The van der Waals surface area contributed by atoms with Crippen molar-refractivity contribution < 1.29 is 43.2 Å². The Morgan fingerprint density at radius 2 is 0.893 bits per heavy atom. The Labute approximate surface area is 155 Å². The number of sulfonamides is 2. The second-order valence-electron chi connectivity index (χ2n) is 5.14. The Kier molecular flexibility index (Phi) is 6.37. The van der Waals surface area contributed by atoms with E-state index >= 15 is 0 Å². The molecule has 0 amide bonds. The highest BCUT2D eigenvalue weighted by atomic mass is 32.2. The number of halogens is 6. The summed E-state index contributed by atoms with van der Waals surface area (Å²) < 4.78 is 130. The molecule has 0 aliphatic carbocycles. The summed E-state index contributed by atoms with van der Waals surface area (Å²) in [4.78, 5) is -2.44. The van der Waals surface area contributed by atoms with Crippen molar-refractivity contribution in [3.05, 3.63) is 59.2 Å². The van der Waals surface area contributed by atoms with Crippen LogP contribution in [0.5, 0.6) is 0 Å². The van der Waals surface area contributed by atoms with Gasteiger partial charge in [0, 0.05) is 13.1 Å². The zero-order valence-corrected chi connectivity index (χ0v) is 15.1. The molecular formula is C14H10F6N2O4S2. The highest BCUT2D eigenvalue weighted by Gasteiger charge is 2.25. The van der Waals surface area contributed by atoms with Gasteiger partial charge in [-0.2, -0.15) is 0 Å². The summed E-state index contributed by atoms with van der Waals surface area (Å²) >= 11 is 0. The van der Waals surface area contributed by atoms with Gasteiger partial charge in [0.2, 0.25) is 20.0 Å². The van der Waals surface area contributed by atoms with Crippen LogP contribution < -0.4 is 9.44 Å². The minimum absolute atomic E-state index is 0.377. The lowest BCUT2D eigenvalue weighted by Gasteiger charge is -2.10. The zero-order chi connectivity index (χ0) is 21.3. The van der Waals surface area contributed by atoms with E-state index in [2.05, 4.69) is 0 Å². The van der Waals surface area contributed by atoms with E-state index < -0.39 is 77.8 Å². The summed E-state index contributed by atoms with van der Waals surface area (Å²) in [5.74, 6) is -11.2. The van der Waals surface area contributed by atoms with Gasteiger partial charge in [-0.1, -0.05) is 0 Å². The first-order valence-electron chi connectivity index (χ1n) is 7.15. The van der Waals surface area contributed by atoms with Crippen LogP contribution in [0, 0.1) is 34.9 Å². The Balaban J connectivity index is 2.08. The van der Waals surface area contributed by atoms with Crippen molar-refractivity contribution in [2.45, 2.75) is 9.79 Å². The fourth-order valence-electron chi connectivity index (χ4n) is 1.96. The van der Waals surface area contributed by atoms with Gasteiger partial charge in [-0.25, -0.2) is 52.6 Å². The number of hydrogen-bond acceptors (Lipinski definition) is 4. The summed E-state index contributed by atoms with van der Waals surface area (Å²) in [6.45, 7) is -1.43. The second-order valence-corrected chi connectivity index (χ2v) is 8.61. The summed E-state index contributed by atoms with van der Waals surface area (Å²) in [6, 6.07) is 1.66. The molecule has 0 aromatic heterocycles. The van der Waals surface area contributed by atoms with Crippen molar-refractivity contribution in [3.8, 4) is 0 Å². The lowest BCUT2D eigenvalue weighted by Crippen LogP contribution is -2.35. The van der Waals surface area contributed by atoms with E-state index in [-0.39, 0.29) is 0 Å². The lowest BCUT2D eigenvalue weighted by atomic mass is 10.3. The first-order chi connectivity index (χ1) is 12.9. The zero-order valence-electron chi connectivity index (χ0n) is 13.4. The highest BCUT2D eigenvalue weighted by Crippen LogP contribution is 2.20. The quantitative estimate of drug-likeness (QED) is 0.384. The van der Waals surface area contributed by atoms with Crippen LogP contribution in [0.25, 0.3) is 0 Å². The topological polar surface area (TPSA) is 92.3 Å². The molecule has 0 aliphatic heterocycles. The molecule has 0 unspecified atom stereocenters. The number of hydrogen-bond donors (Lipinski definition) is 2. The van der Waals surface area contributed by atoms with Gasteiger partial charge in [0.25, 0.3) is 0 Å². The largest absolute Gasteiger partial charge is 0.243 e. The van der Waals surface area contributed by atoms with Crippen LogP contribution >= 0.6 is 0 Å². The maximum Gasteiger partial charge on any atom is 0.243 e. The van der Waals surface area contributed by atoms with Crippen LogP contribution in [-0.4, -0.2) is 29.9 Å². The predicted molar refractivity (Wildman–Crippen MR) is 83.0 cm³/mol. The molecule has 0 spiro atoms. The van der Waals surface area contributed by atoms with Crippen molar-refractivity contribution in [1.82, 2.24) is 9.44 Å². The number of benzene rings is 2. The molecule has 2 rings (SSSR count). The third-order valence-electron chi connectivity index (χ3n) is 3.29. The fourth-order valence-corrected chi connectivity index (χ4v) is 4.16. The van der Waals surface area contributed by atoms with Gasteiger partial charge in [0.15, 0.2) is 34.9 Å². The smallest absolute Gasteiger partial charge is 0.210 e. The number of nitrogens with one attached hydrogen (secondary N) is 2. The van der Waals surface area contributed by atoms with Crippen molar-refractivity contribution in [2.24, 2.45) is 0 Å². The summed E-state index contributed by atoms with van der Waals surface area (Å²) in [5.41, 5.74) is 0. The summed E-state index contributed by atoms with van der Waals surface area (Å²) in [7, 11) is -9.37. The van der Waals surface area contributed by atoms with Crippen LogP contribution in [0.3, 0.4) is 0 Å². The molecule has 154 valence electrons. The average Bonchev–Trinajstić information content (AvgIpc) is 2.61. The molecule has 0 bridgehead atoms. The van der Waals surface area contributed by atoms with E-state index in [0.29, 0.717) is 24.3 Å². The van der Waals surface area contributed by atoms with Crippen LogP contribution in [0.15, 0.2) is 34.1 Å². The van der Waals surface area contributed by atoms with Crippen molar-refractivity contribution in [2.75, 3.05) is 13.1 Å². The Morgan fingerprint density at radius 3 is 1.21 bits per heavy atom. The van der Waals surface area contributed by atoms with Crippen molar-refractivity contribution in [1.29, 1.82) is 0 Å². The van der Waals surface area contributed by atoms with Crippen molar-refractivity contribution >= 4 is 20.0 Å². The molecule has 6 nitrogen and oxygen atoms in total. The molecule has 0 saturated heterocycles. The summed E-state index contributed by atoms with van der Waals surface area (Å²) in [6.07, 6.45) is 0. The maximum atomic E-state index is 13.5. The summed E-state index contributed by atoms with van der Waals surface area (Å²) in [5, 5.41) is 0. The molecule has 0 radical (unpaired) electrons. The Bertz CT molecular complexity index is 1030. The van der Waals surface area contributed by atoms with Gasteiger partial charge in [-0.05, 0) is 24.3 Å². The van der Waals surface area contributed by atoms with Gasteiger partial charge in [0.1, 0.15) is 9.79 Å². The van der Waals surface area contributed by atoms with E-state index in [9.17, 15) is 43.2 Å². The maximum absolute atomic E-state index is 13.5. The van der Waals surface area contributed by atoms with E-state index in [1.54, 1.807) is 9.44 Å². The van der Waals surface area contributed by atoms with E-state index in [0.717, 1.165) is 0 Å². The Hall–Kier alpha value is -2.16. The van der Waals surface area contributed by atoms with E-state index in [1.807, 2.05) is 0 Å². The second kappa shape index (κ2) is 8.06. The minimum atomic E-state index is -4.68. The first kappa shape index (κ1) is 22.1. The molecule has 0 fully saturated rings. The van der Waals surface area contributed by atoms with Crippen molar-refractivity contribution in [3.63, 3.8) is 0 Å². The lowest BCUT2D eigenvalue weighted by molar-refractivity contribution is 0.431. The molecule has 0 atom stereocenters. The van der Waals surface area contributed by atoms with Crippen LogP contribution in [0.2, 0.25) is 0 Å². The molecule has 14 heteroatoms. The van der Waals surface area contributed by atoms with Crippen LogP contribution in [0.4, 0.5) is 26.3 Å². The van der Waals surface area contributed by atoms with Gasteiger partial charge in [0.05, 0.1) is 0 Å². The van der Waals surface area contributed by atoms with E-state index in [4.69, 9.17) is 0 Å². The molecule has 2 aromatic carbocycles. The highest BCUT2D eigenvalue weighted by molar-refractivity contribution is 7.90. The van der Waals surface area contributed by atoms with Gasteiger partial charge >= 0.3 is 0 Å². The minimum Gasteiger partial charge on any atom is -0.210 e. The predicted octanol–water partition coefficient (Wildman–Crippen LogP) is 1.78. The third-order valence-corrected chi connectivity index (χ3v) is 6.24. The molecular weight excluding hydrogens is 438 g/mol. The SMILES string of the molecule is O=S(=O)(NCCNS(=O)(=O)c1ccc(F)c(F)c1F)c1ccc(F)c(F)c1F. The van der Waals surface area contributed by atoms with Crippen LogP contribution in [-0.2, 0) is 20.0 Å². The molecule has 2 N–H and O–H groups in total. The molecule has 0 aliphatic rings. The normalized spacial score (nSPS) is 12.4. The molecule has 2 aromatic rings. The monoisotopic (exact) mass is 448 g/mol.